The molecule has 1 nitrogen and oxygen atoms in total. The predicted octanol–water partition coefficient (Wildman–Crippen LogP) is 4.04. The van der Waals surface area contributed by atoms with Crippen molar-refractivity contribution in [3.8, 4) is 0 Å². The van der Waals surface area contributed by atoms with Gasteiger partial charge in [0.2, 0.25) is 0 Å². The first-order chi connectivity index (χ1) is 7.16. The van der Waals surface area contributed by atoms with Gasteiger partial charge in [0, 0.05) is 17.3 Å². The van der Waals surface area contributed by atoms with Gasteiger partial charge in [-0.1, -0.05) is 24.4 Å². The predicted molar refractivity (Wildman–Crippen MR) is 66.5 cm³/mol. The minimum atomic E-state index is 0.802. The van der Waals surface area contributed by atoms with Crippen LogP contribution in [0.2, 0.25) is 5.02 Å². The van der Waals surface area contributed by atoms with Gasteiger partial charge >= 0.3 is 0 Å². The van der Waals surface area contributed by atoms with Crippen LogP contribution >= 0.6 is 11.6 Å². The van der Waals surface area contributed by atoms with Crippen molar-refractivity contribution >= 4 is 17.3 Å². The highest BCUT2D eigenvalue weighted by molar-refractivity contribution is 6.31. The largest absolute Gasteiger partial charge is 0.385 e. The van der Waals surface area contributed by atoms with Crippen molar-refractivity contribution in [3.63, 3.8) is 0 Å². The van der Waals surface area contributed by atoms with Crippen LogP contribution in [0.5, 0.6) is 0 Å². The van der Waals surface area contributed by atoms with Gasteiger partial charge in [0.05, 0.1) is 0 Å². The van der Waals surface area contributed by atoms with Gasteiger partial charge in [-0.25, -0.2) is 0 Å². The number of benzene rings is 1. The standard InChI is InChI=1S/C13H17ClN/c1-9-7-12(8-13(14)10(9)2)15-6-5-11-3-4-11/h7-8,11,15H,1,3-6H2,2H3. The Hall–Kier alpha value is -0.690. The van der Waals surface area contributed by atoms with Crippen LogP contribution in [0.25, 0.3) is 0 Å². The van der Waals surface area contributed by atoms with Gasteiger partial charge in [-0.2, -0.15) is 0 Å². The van der Waals surface area contributed by atoms with E-state index in [1.54, 1.807) is 0 Å². The molecule has 0 saturated heterocycles. The molecule has 1 aliphatic carbocycles. The van der Waals surface area contributed by atoms with Gasteiger partial charge in [-0.15, -0.1) is 0 Å². The zero-order valence-corrected chi connectivity index (χ0v) is 9.90. The average molecular weight is 223 g/mol. The first-order valence-corrected chi connectivity index (χ1v) is 5.90. The van der Waals surface area contributed by atoms with Crippen LogP contribution in [0, 0.1) is 19.8 Å². The lowest BCUT2D eigenvalue weighted by Gasteiger charge is -2.10. The van der Waals surface area contributed by atoms with E-state index < -0.39 is 0 Å². The normalized spacial score (nSPS) is 15.4. The van der Waals surface area contributed by atoms with Gasteiger partial charge in [0.15, 0.2) is 0 Å². The molecule has 1 fully saturated rings. The Morgan fingerprint density at radius 2 is 2.20 bits per heavy atom. The highest BCUT2D eigenvalue weighted by Crippen LogP contribution is 2.32. The van der Waals surface area contributed by atoms with Gasteiger partial charge < -0.3 is 5.32 Å². The smallest absolute Gasteiger partial charge is 0.0458 e. The lowest BCUT2D eigenvalue weighted by atomic mass is 10.1. The highest BCUT2D eigenvalue weighted by Gasteiger charge is 2.20. The zero-order valence-electron chi connectivity index (χ0n) is 9.15. The quantitative estimate of drug-likeness (QED) is 0.811. The number of anilines is 1. The summed E-state index contributed by atoms with van der Waals surface area (Å²) in [7, 11) is 0. The summed E-state index contributed by atoms with van der Waals surface area (Å²) >= 11 is 6.09. The third kappa shape index (κ3) is 2.88. The molecular weight excluding hydrogens is 206 g/mol. The SMILES string of the molecule is [CH2]c1cc(NCCC2CC2)cc(Cl)c1C. The summed E-state index contributed by atoms with van der Waals surface area (Å²) in [5, 5.41) is 4.20. The molecule has 1 N–H and O–H groups in total. The van der Waals surface area contributed by atoms with Crippen molar-refractivity contribution in [2.45, 2.75) is 26.2 Å². The van der Waals surface area contributed by atoms with Crippen LogP contribution in [0.4, 0.5) is 5.69 Å². The summed E-state index contributed by atoms with van der Waals surface area (Å²) in [6, 6.07) is 4.05. The molecular formula is C13H17ClN. The molecule has 15 heavy (non-hydrogen) atoms. The molecule has 0 aromatic heterocycles. The molecule has 1 aromatic rings. The number of halogens is 1. The molecule has 1 radical (unpaired) electrons. The molecule has 2 rings (SSSR count). The van der Waals surface area contributed by atoms with Crippen LogP contribution in [-0.2, 0) is 0 Å². The molecule has 0 amide bonds. The topological polar surface area (TPSA) is 12.0 Å². The number of hydrogen-bond acceptors (Lipinski definition) is 1. The Balaban J connectivity index is 1.94. The summed E-state index contributed by atoms with van der Waals surface area (Å²) in [5.74, 6) is 0.970. The number of hydrogen-bond donors (Lipinski definition) is 1. The summed E-state index contributed by atoms with van der Waals surface area (Å²) in [4.78, 5) is 0. The Morgan fingerprint density at radius 3 is 2.80 bits per heavy atom. The van der Waals surface area contributed by atoms with Crippen molar-refractivity contribution in [2.75, 3.05) is 11.9 Å². The molecule has 0 bridgehead atoms. The van der Waals surface area contributed by atoms with Gasteiger partial charge in [-0.05, 0) is 49.4 Å². The fraction of sp³-hybridized carbons (Fsp3) is 0.462. The average Bonchev–Trinajstić information content (AvgIpc) is 2.98. The monoisotopic (exact) mass is 222 g/mol. The Labute approximate surface area is 96.8 Å². The zero-order chi connectivity index (χ0) is 10.8. The maximum Gasteiger partial charge on any atom is 0.0458 e. The molecule has 1 aliphatic rings. The van der Waals surface area contributed by atoms with Gasteiger partial charge in [0.25, 0.3) is 0 Å². The van der Waals surface area contributed by atoms with Crippen LogP contribution in [0.15, 0.2) is 12.1 Å². The third-order valence-corrected chi connectivity index (χ3v) is 3.42. The molecule has 1 saturated carbocycles. The van der Waals surface area contributed by atoms with E-state index in [-0.39, 0.29) is 0 Å². The molecule has 1 aromatic carbocycles. The molecule has 0 aliphatic heterocycles. The summed E-state index contributed by atoms with van der Waals surface area (Å²) < 4.78 is 0. The van der Waals surface area contributed by atoms with E-state index in [9.17, 15) is 0 Å². The molecule has 81 valence electrons. The van der Waals surface area contributed by atoms with E-state index in [1.165, 1.54) is 19.3 Å². The molecule has 0 unspecified atom stereocenters. The molecule has 0 heterocycles. The van der Waals surface area contributed by atoms with Crippen LogP contribution < -0.4 is 5.32 Å². The van der Waals surface area contributed by atoms with E-state index in [0.29, 0.717) is 0 Å². The van der Waals surface area contributed by atoms with E-state index in [2.05, 4.69) is 18.3 Å². The van der Waals surface area contributed by atoms with E-state index in [4.69, 9.17) is 11.6 Å². The summed E-state index contributed by atoms with van der Waals surface area (Å²) in [5.41, 5.74) is 3.18. The van der Waals surface area contributed by atoms with Gasteiger partial charge in [-0.3, -0.25) is 0 Å². The minimum absolute atomic E-state index is 0.802. The van der Waals surface area contributed by atoms with Crippen molar-refractivity contribution < 1.29 is 0 Å². The summed E-state index contributed by atoms with van der Waals surface area (Å²) in [6.07, 6.45) is 4.10. The van der Waals surface area contributed by atoms with Crippen molar-refractivity contribution in [2.24, 2.45) is 5.92 Å². The van der Waals surface area contributed by atoms with E-state index in [0.717, 1.165) is 34.3 Å². The Bertz CT molecular complexity index is 333. The third-order valence-electron chi connectivity index (χ3n) is 3.03. The first-order valence-electron chi connectivity index (χ1n) is 5.53. The van der Waals surface area contributed by atoms with E-state index >= 15 is 0 Å². The maximum atomic E-state index is 6.09. The lowest BCUT2D eigenvalue weighted by Crippen LogP contribution is -2.02. The molecule has 0 atom stereocenters. The second-order valence-electron chi connectivity index (χ2n) is 4.40. The van der Waals surface area contributed by atoms with Crippen molar-refractivity contribution in [1.82, 2.24) is 0 Å². The van der Waals surface area contributed by atoms with Gasteiger partial charge in [0.1, 0.15) is 0 Å². The lowest BCUT2D eigenvalue weighted by molar-refractivity contribution is 0.760. The van der Waals surface area contributed by atoms with E-state index in [1.807, 2.05) is 13.0 Å². The fourth-order valence-corrected chi connectivity index (χ4v) is 1.90. The minimum Gasteiger partial charge on any atom is -0.385 e. The molecule has 2 heteroatoms. The summed E-state index contributed by atoms with van der Waals surface area (Å²) in [6.45, 7) is 7.02. The second-order valence-corrected chi connectivity index (χ2v) is 4.81. The first kappa shape index (κ1) is 10.8. The number of rotatable bonds is 4. The fourth-order valence-electron chi connectivity index (χ4n) is 1.67. The van der Waals surface area contributed by atoms with Crippen LogP contribution in [0.1, 0.15) is 30.4 Å². The Kier molecular flexibility index (Phi) is 3.20. The van der Waals surface area contributed by atoms with Crippen LogP contribution in [0.3, 0.4) is 0 Å². The molecule has 0 spiro atoms. The van der Waals surface area contributed by atoms with Crippen LogP contribution in [-0.4, -0.2) is 6.54 Å². The number of nitrogens with one attached hydrogen (secondary N) is 1. The highest BCUT2D eigenvalue weighted by atomic mass is 35.5. The van der Waals surface area contributed by atoms with Crippen molar-refractivity contribution in [1.29, 1.82) is 0 Å². The second kappa shape index (κ2) is 4.44. The Morgan fingerprint density at radius 1 is 1.47 bits per heavy atom. The maximum absolute atomic E-state index is 6.09. The van der Waals surface area contributed by atoms with Crippen molar-refractivity contribution in [3.05, 3.63) is 35.2 Å².